The van der Waals surface area contributed by atoms with Crippen molar-refractivity contribution in [2.24, 2.45) is 0 Å². The van der Waals surface area contributed by atoms with E-state index in [0.717, 1.165) is 34.1 Å². The first kappa shape index (κ1) is 12.9. The number of fused-ring (bicyclic) bond motifs is 1. The highest BCUT2D eigenvalue weighted by molar-refractivity contribution is 14.1. The van der Waals surface area contributed by atoms with Gasteiger partial charge in [-0.3, -0.25) is 9.89 Å². The van der Waals surface area contributed by atoms with Crippen LogP contribution in [0.3, 0.4) is 0 Å². The normalized spacial score (nSPS) is 20.0. The van der Waals surface area contributed by atoms with E-state index in [1.54, 1.807) is 0 Å². The van der Waals surface area contributed by atoms with Crippen LogP contribution >= 0.6 is 22.6 Å². The molecule has 1 saturated heterocycles. The summed E-state index contributed by atoms with van der Waals surface area (Å²) < 4.78 is 0.961. The van der Waals surface area contributed by atoms with Gasteiger partial charge in [-0.25, -0.2) is 0 Å². The Kier molecular flexibility index (Phi) is 3.44. The second kappa shape index (κ2) is 5.09. The zero-order chi connectivity index (χ0) is 13.4. The van der Waals surface area contributed by atoms with Gasteiger partial charge in [-0.2, -0.15) is 5.10 Å². The Bertz CT molecular complexity index is 624. The van der Waals surface area contributed by atoms with Crippen LogP contribution in [-0.4, -0.2) is 47.2 Å². The topological polar surface area (TPSA) is 61.0 Å². The van der Waals surface area contributed by atoms with E-state index >= 15 is 0 Å². The van der Waals surface area contributed by atoms with Gasteiger partial charge >= 0.3 is 0 Å². The predicted molar refractivity (Wildman–Crippen MR) is 82.2 cm³/mol. The molecule has 1 fully saturated rings. The molecule has 2 N–H and O–H groups in total. The van der Waals surface area contributed by atoms with Crippen LogP contribution in [0.1, 0.15) is 16.8 Å². The van der Waals surface area contributed by atoms with Crippen molar-refractivity contribution < 1.29 is 4.79 Å². The second-order valence-corrected chi connectivity index (χ2v) is 6.07. The zero-order valence-electron chi connectivity index (χ0n) is 10.6. The molecule has 3 rings (SSSR count). The van der Waals surface area contributed by atoms with Gasteiger partial charge in [-0.1, -0.05) is 0 Å². The number of rotatable bonds is 2. The third kappa shape index (κ3) is 2.59. The minimum atomic E-state index is -0.000741. The maximum atomic E-state index is 12.2. The van der Waals surface area contributed by atoms with Crippen molar-refractivity contribution in [1.29, 1.82) is 0 Å². The molecule has 0 bridgehead atoms. The van der Waals surface area contributed by atoms with Gasteiger partial charge < -0.3 is 10.2 Å². The molecule has 1 unspecified atom stereocenters. The number of hydrogen-bond acceptors (Lipinski definition) is 3. The number of H-pyrrole nitrogens is 1. The Morgan fingerprint density at radius 3 is 3.16 bits per heavy atom. The lowest BCUT2D eigenvalue weighted by Crippen LogP contribution is -2.36. The summed E-state index contributed by atoms with van der Waals surface area (Å²) in [4.78, 5) is 14.5. The van der Waals surface area contributed by atoms with E-state index in [1.165, 1.54) is 0 Å². The van der Waals surface area contributed by atoms with E-state index in [4.69, 9.17) is 0 Å². The van der Waals surface area contributed by atoms with Gasteiger partial charge in [-0.05, 0) is 60.8 Å². The van der Waals surface area contributed by atoms with Crippen LogP contribution in [0.25, 0.3) is 10.9 Å². The van der Waals surface area contributed by atoms with Crippen LogP contribution in [0.4, 0.5) is 0 Å². The summed E-state index contributed by atoms with van der Waals surface area (Å²) in [6.45, 7) is 1.97. The fourth-order valence-electron chi connectivity index (χ4n) is 2.44. The SMILES string of the molecule is CN1CCC(NC(=O)c2ccc3n[nH]c(I)c3c2)C1. The lowest BCUT2D eigenvalue weighted by Gasteiger charge is -2.12. The van der Waals surface area contributed by atoms with E-state index in [0.29, 0.717) is 5.56 Å². The number of aromatic amines is 1. The summed E-state index contributed by atoms with van der Waals surface area (Å²) in [7, 11) is 2.08. The second-order valence-electron chi connectivity index (χ2n) is 4.99. The van der Waals surface area contributed by atoms with Crippen molar-refractivity contribution in [2.45, 2.75) is 12.5 Å². The molecule has 100 valence electrons. The van der Waals surface area contributed by atoms with E-state index < -0.39 is 0 Å². The van der Waals surface area contributed by atoms with Gasteiger partial charge in [0.2, 0.25) is 0 Å². The molecule has 0 aliphatic carbocycles. The molecule has 5 nitrogen and oxygen atoms in total. The van der Waals surface area contributed by atoms with Crippen molar-refractivity contribution in [1.82, 2.24) is 20.4 Å². The minimum absolute atomic E-state index is 0.000741. The van der Waals surface area contributed by atoms with Crippen LogP contribution in [0.15, 0.2) is 18.2 Å². The highest BCUT2D eigenvalue weighted by Gasteiger charge is 2.21. The number of amides is 1. The van der Waals surface area contributed by atoms with E-state index in [9.17, 15) is 4.79 Å². The lowest BCUT2D eigenvalue weighted by atomic mass is 10.1. The van der Waals surface area contributed by atoms with E-state index in [2.05, 4.69) is 50.1 Å². The summed E-state index contributed by atoms with van der Waals surface area (Å²) in [6, 6.07) is 5.86. The Morgan fingerprint density at radius 2 is 2.42 bits per heavy atom. The largest absolute Gasteiger partial charge is 0.348 e. The molecule has 1 aliphatic rings. The van der Waals surface area contributed by atoms with Crippen molar-refractivity contribution >= 4 is 39.4 Å². The number of benzene rings is 1. The summed E-state index contributed by atoms with van der Waals surface area (Å²) in [5, 5.41) is 11.2. The van der Waals surface area contributed by atoms with Gasteiger partial charge in [-0.15, -0.1) is 0 Å². The number of nitrogens with one attached hydrogen (secondary N) is 2. The third-order valence-corrected chi connectivity index (χ3v) is 4.32. The maximum Gasteiger partial charge on any atom is 0.251 e. The van der Waals surface area contributed by atoms with Crippen molar-refractivity contribution in [3.8, 4) is 0 Å². The van der Waals surface area contributed by atoms with Gasteiger partial charge in [0, 0.05) is 23.5 Å². The minimum Gasteiger partial charge on any atom is -0.348 e. The molecule has 19 heavy (non-hydrogen) atoms. The average Bonchev–Trinajstić information content (AvgIpc) is 2.96. The molecule has 0 saturated carbocycles. The number of nitrogens with zero attached hydrogens (tertiary/aromatic N) is 2. The molecular formula is C13H15IN4O. The van der Waals surface area contributed by atoms with Crippen LogP contribution in [-0.2, 0) is 0 Å². The van der Waals surface area contributed by atoms with Gasteiger partial charge in [0.1, 0.15) is 3.70 Å². The summed E-state index contributed by atoms with van der Waals surface area (Å²) in [5.41, 5.74) is 1.59. The van der Waals surface area contributed by atoms with Crippen molar-refractivity contribution in [3.05, 3.63) is 27.5 Å². The van der Waals surface area contributed by atoms with Crippen molar-refractivity contribution in [2.75, 3.05) is 20.1 Å². The summed E-state index contributed by atoms with van der Waals surface area (Å²) >= 11 is 2.19. The molecule has 6 heteroatoms. The number of carbonyl (C=O) groups excluding carboxylic acids is 1. The number of likely N-dealkylation sites (tertiary alicyclic amines) is 1. The highest BCUT2D eigenvalue weighted by atomic mass is 127. The van der Waals surface area contributed by atoms with Crippen molar-refractivity contribution in [3.63, 3.8) is 0 Å². The molecule has 0 radical (unpaired) electrons. The first-order chi connectivity index (χ1) is 9.13. The molecule has 1 aromatic heterocycles. The highest BCUT2D eigenvalue weighted by Crippen LogP contribution is 2.19. The first-order valence-corrected chi connectivity index (χ1v) is 7.34. The number of likely N-dealkylation sites (N-methyl/N-ethyl adjacent to an activating group) is 1. The molecular weight excluding hydrogens is 355 g/mol. The molecule has 1 atom stereocenters. The Labute approximate surface area is 124 Å². The molecule has 2 aromatic rings. The van der Waals surface area contributed by atoms with Gasteiger partial charge in [0.15, 0.2) is 0 Å². The maximum absolute atomic E-state index is 12.2. The number of aromatic nitrogens is 2. The number of hydrogen-bond donors (Lipinski definition) is 2. The molecule has 1 amide bonds. The Balaban J connectivity index is 1.79. The summed E-state index contributed by atoms with van der Waals surface area (Å²) in [6.07, 6.45) is 1.02. The zero-order valence-corrected chi connectivity index (χ0v) is 12.8. The lowest BCUT2D eigenvalue weighted by molar-refractivity contribution is 0.0938. The fraction of sp³-hybridized carbons (Fsp3) is 0.385. The summed E-state index contributed by atoms with van der Waals surface area (Å²) in [5.74, 6) is -0.000741. The van der Waals surface area contributed by atoms with Crippen LogP contribution in [0.5, 0.6) is 0 Å². The Hall–Kier alpha value is -1.15. The fourth-order valence-corrected chi connectivity index (χ4v) is 2.99. The smallest absolute Gasteiger partial charge is 0.251 e. The van der Waals surface area contributed by atoms with Crippen LogP contribution in [0.2, 0.25) is 0 Å². The molecule has 1 aromatic carbocycles. The standard InChI is InChI=1S/C13H15IN4O/c1-18-5-4-9(7-18)15-13(19)8-2-3-11-10(6-8)12(14)17-16-11/h2-3,6,9H,4-5,7H2,1H3,(H,15,19)(H,16,17). The first-order valence-electron chi connectivity index (χ1n) is 6.26. The average molecular weight is 370 g/mol. The van der Waals surface area contributed by atoms with E-state index in [1.807, 2.05) is 18.2 Å². The number of halogens is 1. The monoisotopic (exact) mass is 370 g/mol. The quantitative estimate of drug-likeness (QED) is 0.790. The molecule has 2 heterocycles. The van der Waals surface area contributed by atoms with Gasteiger partial charge in [0.05, 0.1) is 5.52 Å². The van der Waals surface area contributed by atoms with Crippen LogP contribution < -0.4 is 5.32 Å². The van der Waals surface area contributed by atoms with E-state index in [-0.39, 0.29) is 11.9 Å². The predicted octanol–water partition coefficient (Wildman–Crippen LogP) is 1.60. The van der Waals surface area contributed by atoms with Crippen LogP contribution in [0, 0.1) is 3.70 Å². The third-order valence-electron chi connectivity index (χ3n) is 3.50. The van der Waals surface area contributed by atoms with Gasteiger partial charge in [0.25, 0.3) is 5.91 Å². The molecule has 1 aliphatic heterocycles. The molecule has 0 spiro atoms. The number of carbonyl (C=O) groups is 1. The Morgan fingerprint density at radius 1 is 1.58 bits per heavy atom.